The number of hydrogen-bond acceptors (Lipinski definition) is 5. The summed E-state index contributed by atoms with van der Waals surface area (Å²) in [4.78, 5) is 24.6. The van der Waals surface area contributed by atoms with Crippen molar-refractivity contribution in [2.45, 2.75) is 26.2 Å². The highest BCUT2D eigenvalue weighted by molar-refractivity contribution is 7.13. The van der Waals surface area contributed by atoms with Gasteiger partial charge < -0.3 is 10.6 Å². The molecule has 0 bridgehead atoms. The van der Waals surface area contributed by atoms with Crippen molar-refractivity contribution in [2.75, 3.05) is 11.9 Å². The van der Waals surface area contributed by atoms with Crippen molar-refractivity contribution < 1.29 is 9.59 Å². The highest BCUT2D eigenvalue weighted by Crippen LogP contribution is 2.15. The van der Waals surface area contributed by atoms with Crippen LogP contribution < -0.4 is 10.6 Å². The predicted octanol–water partition coefficient (Wildman–Crippen LogP) is 3.72. The average molecular weight is 395 g/mol. The van der Waals surface area contributed by atoms with Crippen LogP contribution >= 0.6 is 11.3 Å². The van der Waals surface area contributed by atoms with Gasteiger partial charge in [-0.2, -0.15) is 0 Å². The first-order valence-corrected chi connectivity index (χ1v) is 10.0. The lowest BCUT2D eigenvalue weighted by atomic mass is 10.1. The molecule has 0 aliphatic heterocycles. The SMILES string of the molecule is CCc1nnc(C(=O)Nc2cccc(C(=O)NCCCc3ccccc3)c2)s1. The van der Waals surface area contributed by atoms with Crippen LogP contribution in [0.25, 0.3) is 0 Å². The van der Waals surface area contributed by atoms with E-state index in [2.05, 4.69) is 33.0 Å². The van der Waals surface area contributed by atoms with Gasteiger partial charge in [-0.3, -0.25) is 9.59 Å². The van der Waals surface area contributed by atoms with Crippen LogP contribution in [0.15, 0.2) is 54.6 Å². The highest BCUT2D eigenvalue weighted by Gasteiger charge is 2.13. The van der Waals surface area contributed by atoms with E-state index in [-0.39, 0.29) is 11.8 Å². The van der Waals surface area contributed by atoms with Gasteiger partial charge in [-0.25, -0.2) is 0 Å². The van der Waals surface area contributed by atoms with Crippen LogP contribution in [0.1, 0.15) is 44.1 Å². The molecule has 6 nitrogen and oxygen atoms in total. The standard InChI is InChI=1S/C21H22N4O2S/c1-2-18-24-25-21(28-18)20(27)23-17-12-6-11-16(14-17)19(26)22-13-7-10-15-8-4-3-5-9-15/h3-6,8-9,11-12,14H,2,7,10,13H2,1H3,(H,22,26)(H,23,27). The maximum Gasteiger partial charge on any atom is 0.286 e. The molecule has 0 saturated carbocycles. The molecule has 0 atom stereocenters. The fourth-order valence-corrected chi connectivity index (χ4v) is 3.33. The zero-order chi connectivity index (χ0) is 19.8. The molecule has 144 valence electrons. The third-order valence-corrected chi connectivity index (χ3v) is 5.18. The van der Waals surface area contributed by atoms with E-state index in [1.807, 2.05) is 25.1 Å². The second kappa shape index (κ2) is 9.75. The second-order valence-electron chi connectivity index (χ2n) is 6.23. The van der Waals surface area contributed by atoms with E-state index < -0.39 is 0 Å². The van der Waals surface area contributed by atoms with Gasteiger partial charge in [-0.05, 0) is 43.0 Å². The molecule has 3 rings (SSSR count). The minimum absolute atomic E-state index is 0.159. The number of nitrogens with one attached hydrogen (secondary N) is 2. The van der Waals surface area contributed by atoms with E-state index >= 15 is 0 Å². The van der Waals surface area contributed by atoms with E-state index in [1.165, 1.54) is 16.9 Å². The van der Waals surface area contributed by atoms with Crippen molar-refractivity contribution in [3.63, 3.8) is 0 Å². The van der Waals surface area contributed by atoms with E-state index in [9.17, 15) is 9.59 Å². The van der Waals surface area contributed by atoms with Crippen LogP contribution in [0.2, 0.25) is 0 Å². The number of hydrogen-bond donors (Lipinski definition) is 2. The van der Waals surface area contributed by atoms with Gasteiger partial charge in [-0.15, -0.1) is 10.2 Å². The molecule has 0 spiro atoms. The Morgan fingerprint density at radius 3 is 2.57 bits per heavy atom. The molecule has 2 amide bonds. The van der Waals surface area contributed by atoms with Crippen LogP contribution in [-0.4, -0.2) is 28.6 Å². The first-order valence-electron chi connectivity index (χ1n) is 9.21. The minimum atomic E-state index is -0.322. The third-order valence-electron chi connectivity index (χ3n) is 4.12. The predicted molar refractivity (Wildman–Crippen MR) is 111 cm³/mol. The summed E-state index contributed by atoms with van der Waals surface area (Å²) in [5, 5.41) is 14.7. The van der Waals surface area contributed by atoms with Gasteiger partial charge in [0.25, 0.3) is 11.8 Å². The molecule has 1 aromatic heterocycles. The monoisotopic (exact) mass is 394 g/mol. The lowest BCUT2D eigenvalue weighted by Crippen LogP contribution is -2.25. The number of benzene rings is 2. The Morgan fingerprint density at radius 2 is 1.82 bits per heavy atom. The molecular weight excluding hydrogens is 372 g/mol. The van der Waals surface area contributed by atoms with Crippen LogP contribution in [0, 0.1) is 0 Å². The summed E-state index contributed by atoms with van der Waals surface area (Å²) in [7, 11) is 0. The average Bonchev–Trinajstić information content (AvgIpc) is 3.21. The number of amides is 2. The van der Waals surface area contributed by atoms with Crippen LogP contribution in [-0.2, 0) is 12.8 Å². The molecule has 0 saturated heterocycles. The fourth-order valence-electron chi connectivity index (χ4n) is 2.65. The lowest BCUT2D eigenvalue weighted by Gasteiger charge is -2.08. The van der Waals surface area contributed by atoms with Gasteiger partial charge >= 0.3 is 0 Å². The molecule has 0 unspecified atom stereocenters. The highest BCUT2D eigenvalue weighted by atomic mass is 32.1. The molecule has 0 radical (unpaired) electrons. The summed E-state index contributed by atoms with van der Waals surface area (Å²) in [6, 6.07) is 17.0. The molecule has 2 N–H and O–H groups in total. The van der Waals surface area contributed by atoms with Gasteiger partial charge in [0.2, 0.25) is 5.01 Å². The van der Waals surface area contributed by atoms with Crippen LogP contribution in [0.3, 0.4) is 0 Å². The second-order valence-corrected chi connectivity index (χ2v) is 7.30. The number of aromatic nitrogens is 2. The molecule has 0 fully saturated rings. The first kappa shape index (κ1) is 19.7. The van der Waals surface area contributed by atoms with E-state index in [0.29, 0.717) is 22.8 Å². The Labute approximate surface area is 168 Å². The Balaban J connectivity index is 1.51. The fraction of sp³-hybridized carbons (Fsp3) is 0.238. The molecule has 0 aliphatic rings. The van der Waals surface area contributed by atoms with E-state index in [4.69, 9.17) is 0 Å². The van der Waals surface area contributed by atoms with Crippen LogP contribution in [0.4, 0.5) is 5.69 Å². The largest absolute Gasteiger partial charge is 0.352 e. The van der Waals surface area contributed by atoms with Crippen molar-refractivity contribution in [1.29, 1.82) is 0 Å². The third kappa shape index (κ3) is 5.47. The zero-order valence-electron chi connectivity index (χ0n) is 15.6. The lowest BCUT2D eigenvalue weighted by molar-refractivity contribution is 0.0951. The number of carbonyl (C=O) groups excluding carboxylic acids is 2. The number of anilines is 1. The normalized spacial score (nSPS) is 10.5. The Morgan fingerprint density at radius 1 is 1.00 bits per heavy atom. The maximum atomic E-state index is 12.4. The molecule has 7 heteroatoms. The quantitative estimate of drug-likeness (QED) is 0.571. The van der Waals surface area contributed by atoms with Gasteiger partial charge in [0.15, 0.2) is 0 Å². The van der Waals surface area contributed by atoms with Crippen molar-refractivity contribution in [2.24, 2.45) is 0 Å². The Kier molecular flexibility index (Phi) is 6.86. The number of carbonyl (C=O) groups is 2. The maximum absolute atomic E-state index is 12.4. The van der Waals surface area contributed by atoms with Crippen molar-refractivity contribution in [3.8, 4) is 0 Å². The Bertz CT molecular complexity index is 940. The molecule has 0 aliphatic carbocycles. The van der Waals surface area contributed by atoms with Gasteiger partial charge in [-0.1, -0.05) is 54.7 Å². The summed E-state index contributed by atoms with van der Waals surface area (Å²) in [5.74, 6) is -0.481. The van der Waals surface area contributed by atoms with Crippen molar-refractivity contribution in [3.05, 3.63) is 75.7 Å². The van der Waals surface area contributed by atoms with Crippen molar-refractivity contribution in [1.82, 2.24) is 15.5 Å². The molecule has 28 heavy (non-hydrogen) atoms. The van der Waals surface area contributed by atoms with Gasteiger partial charge in [0, 0.05) is 17.8 Å². The van der Waals surface area contributed by atoms with Crippen LogP contribution in [0.5, 0.6) is 0 Å². The topological polar surface area (TPSA) is 84.0 Å². The smallest absolute Gasteiger partial charge is 0.286 e. The van der Waals surface area contributed by atoms with Gasteiger partial charge in [0.05, 0.1) is 0 Å². The number of rotatable bonds is 8. The summed E-state index contributed by atoms with van der Waals surface area (Å²) < 4.78 is 0. The summed E-state index contributed by atoms with van der Waals surface area (Å²) in [5.41, 5.74) is 2.31. The molecular formula is C21H22N4O2S. The zero-order valence-corrected chi connectivity index (χ0v) is 16.5. The van der Waals surface area contributed by atoms with Crippen molar-refractivity contribution >= 4 is 28.8 Å². The molecule has 3 aromatic rings. The summed E-state index contributed by atoms with van der Waals surface area (Å²) >= 11 is 1.27. The minimum Gasteiger partial charge on any atom is -0.352 e. The van der Waals surface area contributed by atoms with E-state index in [0.717, 1.165) is 24.3 Å². The molecule has 2 aromatic carbocycles. The van der Waals surface area contributed by atoms with Gasteiger partial charge in [0.1, 0.15) is 5.01 Å². The summed E-state index contributed by atoms with van der Waals surface area (Å²) in [6.45, 7) is 2.55. The van der Waals surface area contributed by atoms with E-state index in [1.54, 1.807) is 24.3 Å². The number of nitrogens with zero attached hydrogens (tertiary/aromatic N) is 2. The number of aryl methyl sites for hydroxylation is 2. The summed E-state index contributed by atoms with van der Waals surface area (Å²) in [6.07, 6.45) is 2.52. The Hall–Kier alpha value is -3.06. The first-order chi connectivity index (χ1) is 13.7. The molecule has 1 heterocycles.